The monoisotopic (exact) mass is 353 g/mol. The number of hydrogen-bond acceptors (Lipinski definition) is 4. The van der Waals surface area contributed by atoms with Gasteiger partial charge in [-0.15, -0.1) is 12.4 Å². The SMILES string of the molecule is Cc1cccc(C)c1-c1cc(OC2CCCNC2)nc(Cl)n1.Cl. The largest absolute Gasteiger partial charge is 0.473 e. The van der Waals surface area contributed by atoms with Crippen molar-refractivity contribution in [1.29, 1.82) is 0 Å². The Morgan fingerprint density at radius 2 is 1.96 bits per heavy atom. The Bertz CT molecular complexity index is 653. The third kappa shape index (κ3) is 4.34. The maximum Gasteiger partial charge on any atom is 0.226 e. The number of hydrogen-bond donors (Lipinski definition) is 1. The lowest BCUT2D eigenvalue weighted by atomic mass is 10.00. The van der Waals surface area contributed by atoms with Gasteiger partial charge in [0.15, 0.2) is 0 Å². The number of piperidine rings is 1. The summed E-state index contributed by atoms with van der Waals surface area (Å²) in [5, 5.41) is 3.55. The first-order chi connectivity index (χ1) is 10.6. The molecule has 2 heterocycles. The van der Waals surface area contributed by atoms with Crippen molar-refractivity contribution >= 4 is 24.0 Å². The summed E-state index contributed by atoms with van der Waals surface area (Å²) in [6.45, 7) is 6.05. The molecule has 0 amide bonds. The van der Waals surface area contributed by atoms with E-state index in [-0.39, 0.29) is 23.8 Å². The molecule has 0 aliphatic carbocycles. The molecule has 0 spiro atoms. The van der Waals surface area contributed by atoms with E-state index in [1.165, 1.54) is 11.1 Å². The summed E-state index contributed by atoms with van der Waals surface area (Å²) in [4.78, 5) is 8.59. The van der Waals surface area contributed by atoms with Crippen LogP contribution in [-0.4, -0.2) is 29.2 Å². The van der Waals surface area contributed by atoms with Crippen LogP contribution in [0.3, 0.4) is 0 Å². The van der Waals surface area contributed by atoms with E-state index in [0.717, 1.165) is 37.2 Å². The fourth-order valence-corrected chi connectivity index (χ4v) is 3.07. The minimum absolute atomic E-state index is 0. The van der Waals surface area contributed by atoms with E-state index >= 15 is 0 Å². The van der Waals surface area contributed by atoms with Crippen molar-refractivity contribution in [2.75, 3.05) is 13.1 Å². The molecule has 1 N–H and O–H groups in total. The summed E-state index contributed by atoms with van der Waals surface area (Å²) < 4.78 is 5.98. The highest BCUT2D eigenvalue weighted by molar-refractivity contribution is 6.28. The molecule has 0 bridgehead atoms. The van der Waals surface area contributed by atoms with E-state index in [1.54, 1.807) is 0 Å². The summed E-state index contributed by atoms with van der Waals surface area (Å²) in [7, 11) is 0. The highest BCUT2D eigenvalue weighted by Gasteiger charge is 2.17. The van der Waals surface area contributed by atoms with Gasteiger partial charge in [0.1, 0.15) is 6.10 Å². The van der Waals surface area contributed by atoms with Gasteiger partial charge < -0.3 is 10.1 Å². The van der Waals surface area contributed by atoms with Crippen LogP contribution in [0.5, 0.6) is 5.88 Å². The number of aromatic nitrogens is 2. The topological polar surface area (TPSA) is 47.0 Å². The maximum absolute atomic E-state index is 6.10. The molecule has 6 heteroatoms. The van der Waals surface area contributed by atoms with E-state index in [4.69, 9.17) is 16.3 Å². The van der Waals surface area contributed by atoms with Crippen LogP contribution >= 0.6 is 24.0 Å². The van der Waals surface area contributed by atoms with Crippen LogP contribution in [0, 0.1) is 13.8 Å². The normalized spacial score (nSPS) is 17.4. The predicted octanol–water partition coefficient (Wildman–Crippen LogP) is 3.97. The van der Waals surface area contributed by atoms with E-state index in [0.29, 0.717) is 5.88 Å². The zero-order chi connectivity index (χ0) is 15.5. The molecule has 1 aromatic carbocycles. The molecular formula is C17H21Cl2N3O. The van der Waals surface area contributed by atoms with E-state index in [1.807, 2.05) is 12.1 Å². The number of aryl methyl sites for hydroxylation is 2. The van der Waals surface area contributed by atoms with Crippen molar-refractivity contribution < 1.29 is 4.74 Å². The van der Waals surface area contributed by atoms with Gasteiger partial charge in [0.05, 0.1) is 5.69 Å². The first-order valence-corrected chi connectivity index (χ1v) is 8.00. The summed E-state index contributed by atoms with van der Waals surface area (Å²) in [5.74, 6) is 0.548. The molecule has 0 radical (unpaired) electrons. The summed E-state index contributed by atoms with van der Waals surface area (Å²) in [5.41, 5.74) is 4.24. The molecule has 124 valence electrons. The molecule has 0 saturated carbocycles. The zero-order valence-corrected chi connectivity index (χ0v) is 14.9. The molecule has 3 rings (SSSR count). The molecular weight excluding hydrogens is 333 g/mol. The van der Waals surface area contributed by atoms with E-state index < -0.39 is 0 Å². The van der Waals surface area contributed by atoms with Crippen LogP contribution in [-0.2, 0) is 0 Å². The number of halogens is 2. The van der Waals surface area contributed by atoms with Crippen molar-refractivity contribution in [3.63, 3.8) is 0 Å². The molecule has 1 unspecified atom stereocenters. The smallest absolute Gasteiger partial charge is 0.226 e. The minimum atomic E-state index is 0. The third-order valence-electron chi connectivity index (χ3n) is 3.95. The molecule has 4 nitrogen and oxygen atoms in total. The van der Waals surface area contributed by atoms with Crippen LogP contribution in [0.1, 0.15) is 24.0 Å². The molecule has 1 aliphatic rings. The quantitative estimate of drug-likeness (QED) is 0.848. The van der Waals surface area contributed by atoms with Crippen LogP contribution < -0.4 is 10.1 Å². The minimum Gasteiger partial charge on any atom is -0.473 e. The summed E-state index contributed by atoms with van der Waals surface area (Å²) in [6, 6.07) is 8.08. The van der Waals surface area contributed by atoms with Crippen LogP contribution in [0.25, 0.3) is 11.3 Å². The van der Waals surface area contributed by atoms with Gasteiger partial charge in [0.25, 0.3) is 0 Å². The Balaban J connectivity index is 0.00000192. The summed E-state index contributed by atoms with van der Waals surface area (Å²) in [6.07, 6.45) is 2.30. The van der Waals surface area contributed by atoms with Crippen LogP contribution in [0.4, 0.5) is 0 Å². The molecule has 1 aromatic heterocycles. The van der Waals surface area contributed by atoms with Gasteiger partial charge in [-0.1, -0.05) is 18.2 Å². The first-order valence-electron chi connectivity index (χ1n) is 7.62. The van der Waals surface area contributed by atoms with Crippen molar-refractivity contribution in [1.82, 2.24) is 15.3 Å². The lowest BCUT2D eigenvalue weighted by Crippen LogP contribution is -2.37. The molecule has 2 aromatic rings. The Kier molecular flexibility index (Phi) is 6.22. The van der Waals surface area contributed by atoms with Gasteiger partial charge in [0.2, 0.25) is 11.2 Å². The number of rotatable bonds is 3. The Hall–Kier alpha value is -1.36. The molecule has 1 aliphatic heterocycles. The second-order valence-corrected chi connectivity index (χ2v) is 6.05. The Morgan fingerprint density at radius 1 is 1.22 bits per heavy atom. The highest BCUT2D eigenvalue weighted by atomic mass is 35.5. The van der Waals surface area contributed by atoms with Crippen molar-refractivity contribution in [3.05, 3.63) is 40.7 Å². The van der Waals surface area contributed by atoms with Gasteiger partial charge in [0, 0.05) is 18.2 Å². The molecule has 1 atom stereocenters. The number of benzene rings is 1. The molecule has 1 saturated heterocycles. The van der Waals surface area contributed by atoms with Crippen molar-refractivity contribution in [3.8, 4) is 17.1 Å². The zero-order valence-electron chi connectivity index (χ0n) is 13.3. The van der Waals surface area contributed by atoms with Gasteiger partial charge in [-0.25, -0.2) is 4.98 Å². The third-order valence-corrected chi connectivity index (χ3v) is 4.12. The summed E-state index contributed by atoms with van der Waals surface area (Å²) >= 11 is 6.10. The van der Waals surface area contributed by atoms with Crippen LogP contribution in [0.15, 0.2) is 24.3 Å². The predicted molar refractivity (Wildman–Crippen MR) is 95.7 cm³/mol. The number of nitrogens with zero attached hydrogens (tertiary/aromatic N) is 2. The lowest BCUT2D eigenvalue weighted by molar-refractivity contribution is 0.160. The van der Waals surface area contributed by atoms with Gasteiger partial charge >= 0.3 is 0 Å². The van der Waals surface area contributed by atoms with Gasteiger partial charge in [-0.05, 0) is 56.0 Å². The fraction of sp³-hybridized carbons (Fsp3) is 0.412. The molecule has 23 heavy (non-hydrogen) atoms. The van der Waals surface area contributed by atoms with E-state index in [9.17, 15) is 0 Å². The Labute approximate surface area is 148 Å². The molecule has 1 fully saturated rings. The maximum atomic E-state index is 6.10. The average Bonchev–Trinajstić information content (AvgIpc) is 2.47. The van der Waals surface area contributed by atoms with Crippen molar-refractivity contribution in [2.45, 2.75) is 32.8 Å². The standard InChI is InChI=1S/C17H20ClN3O.ClH/c1-11-5-3-6-12(2)16(11)14-9-15(21-17(18)20-14)22-13-7-4-8-19-10-13;/h3,5-6,9,13,19H,4,7-8,10H2,1-2H3;1H. The second kappa shape index (κ2) is 7.95. The second-order valence-electron chi connectivity index (χ2n) is 5.71. The Morgan fingerprint density at radius 3 is 2.61 bits per heavy atom. The number of nitrogens with one attached hydrogen (secondary N) is 1. The van der Waals surface area contributed by atoms with Gasteiger partial charge in [-0.3, -0.25) is 0 Å². The van der Waals surface area contributed by atoms with Crippen molar-refractivity contribution in [2.24, 2.45) is 0 Å². The fourth-order valence-electron chi connectivity index (χ4n) is 2.89. The average molecular weight is 354 g/mol. The first kappa shape index (κ1) is 18.0. The number of ether oxygens (including phenoxy) is 1. The highest BCUT2D eigenvalue weighted by Crippen LogP contribution is 2.29. The van der Waals surface area contributed by atoms with E-state index in [2.05, 4.69) is 41.3 Å². The lowest BCUT2D eigenvalue weighted by Gasteiger charge is -2.23. The van der Waals surface area contributed by atoms with Crippen LogP contribution in [0.2, 0.25) is 5.28 Å². The van der Waals surface area contributed by atoms with Gasteiger partial charge in [-0.2, -0.15) is 4.98 Å².